The summed E-state index contributed by atoms with van der Waals surface area (Å²) in [5.41, 5.74) is 1.18. The van der Waals surface area contributed by atoms with Crippen LogP contribution in [0.5, 0.6) is 5.75 Å². The van der Waals surface area contributed by atoms with Crippen LogP contribution in [0.25, 0.3) is 0 Å². The SMILES string of the molecule is [c]1cccc(OCCOCc2ccccc2)c1. The van der Waals surface area contributed by atoms with Gasteiger partial charge in [-0.3, -0.25) is 0 Å². The monoisotopic (exact) mass is 227 g/mol. The normalized spacial score (nSPS) is 10.1. The summed E-state index contributed by atoms with van der Waals surface area (Å²) < 4.78 is 11.0. The third kappa shape index (κ3) is 4.29. The molecule has 2 rings (SSSR count). The van der Waals surface area contributed by atoms with Gasteiger partial charge in [0.05, 0.1) is 13.2 Å². The molecule has 1 radical (unpaired) electrons. The van der Waals surface area contributed by atoms with Gasteiger partial charge in [0.25, 0.3) is 0 Å². The maximum Gasteiger partial charge on any atom is 0.120 e. The van der Waals surface area contributed by atoms with E-state index in [0.29, 0.717) is 19.8 Å². The molecule has 2 nitrogen and oxygen atoms in total. The quantitative estimate of drug-likeness (QED) is 0.706. The van der Waals surface area contributed by atoms with Crippen molar-refractivity contribution in [3.63, 3.8) is 0 Å². The lowest BCUT2D eigenvalue weighted by molar-refractivity contribution is 0.0889. The minimum atomic E-state index is 0.560. The van der Waals surface area contributed by atoms with Crippen molar-refractivity contribution in [2.75, 3.05) is 13.2 Å². The number of hydrogen-bond donors (Lipinski definition) is 0. The summed E-state index contributed by atoms with van der Waals surface area (Å²) >= 11 is 0. The van der Waals surface area contributed by atoms with Crippen molar-refractivity contribution in [2.24, 2.45) is 0 Å². The van der Waals surface area contributed by atoms with Gasteiger partial charge in [0.2, 0.25) is 0 Å². The minimum Gasteiger partial charge on any atom is -0.491 e. The fourth-order valence-corrected chi connectivity index (χ4v) is 1.45. The summed E-state index contributed by atoms with van der Waals surface area (Å²) in [7, 11) is 0. The molecule has 0 bridgehead atoms. The Hall–Kier alpha value is -1.80. The molecule has 2 heteroatoms. The van der Waals surface area contributed by atoms with Gasteiger partial charge in [-0.05, 0) is 23.8 Å². The predicted molar refractivity (Wildman–Crippen MR) is 66.9 cm³/mol. The van der Waals surface area contributed by atoms with E-state index in [0.717, 1.165) is 5.75 Å². The topological polar surface area (TPSA) is 18.5 Å². The van der Waals surface area contributed by atoms with Crippen molar-refractivity contribution < 1.29 is 9.47 Å². The van der Waals surface area contributed by atoms with Crippen LogP contribution in [0.1, 0.15) is 5.56 Å². The highest BCUT2D eigenvalue weighted by Crippen LogP contribution is 2.07. The van der Waals surface area contributed by atoms with Gasteiger partial charge in [-0.1, -0.05) is 42.5 Å². The first-order valence-corrected chi connectivity index (χ1v) is 5.66. The van der Waals surface area contributed by atoms with Gasteiger partial charge in [-0.25, -0.2) is 0 Å². The molecule has 0 aliphatic rings. The van der Waals surface area contributed by atoms with Crippen LogP contribution in [0.3, 0.4) is 0 Å². The van der Waals surface area contributed by atoms with Crippen LogP contribution in [-0.2, 0) is 11.3 Å². The van der Waals surface area contributed by atoms with Crippen LogP contribution < -0.4 is 4.74 Å². The van der Waals surface area contributed by atoms with Crippen LogP contribution >= 0.6 is 0 Å². The highest BCUT2D eigenvalue weighted by Gasteiger charge is 1.93. The number of ether oxygens (including phenoxy) is 2. The first-order valence-electron chi connectivity index (χ1n) is 5.66. The molecule has 87 valence electrons. The fraction of sp³-hybridized carbons (Fsp3) is 0.200. The van der Waals surface area contributed by atoms with Crippen LogP contribution in [0.4, 0.5) is 0 Å². The predicted octanol–water partition coefficient (Wildman–Crippen LogP) is 3.08. The van der Waals surface area contributed by atoms with Crippen molar-refractivity contribution in [2.45, 2.75) is 6.61 Å². The lowest BCUT2D eigenvalue weighted by atomic mass is 10.2. The summed E-state index contributed by atoms with van der Waals surface area (Å²) in [4.78, 5) is 0. The highest BCUT2D eigenvalue weighted by atomic mass is 16.5. The smallest absolute Gasteiger partial charge is 0.120 e. The maximum absolute atomic E-state index is 5.51. The summed E-state index contributed by atoms with van der Waals surface area (Å²) in [5, 5.41) is 0. The molecule has 0 N–H and O–H groups in total. The second kappa shape index (κ2) is 6.71. The zero-order chi connectivity index (χ0) is 11.8. The molecule has 2 aromatic rings. The Balaban J connectivity index is 1.61. The standard InChI is InChI=1S/C15H15O2/c1-3-7-14(8-4-1)13-16-11-12-17-15-9-5-2-6-10-15/h1-5,7-10H,11-13H2. The van der Waals surface area contributed by atoms with E-state index in [-0.39, 0.29) is 0 Å². The van der Waals surface area contributed by atoms with Crippen molar-refractivity contribution in [1.29, 1.82) is 0 Å². The fourth-order valence-electron chi connectivity index (χ4n) is 1.45. The van der Waals surface area contributed by atoms with E-state index in [1.54, 1.807) is 0 Å². The van der Waals surface area contributed by atoms with E-state index in [2.05, 4.69) is 6.07 Å². The average molecular weight is 227 g/mol. The maximum atomic E-state index is 5.51. The molecule has 0 spiro atoms. The van der Waals surface area contributed by atoms with Gasteiger partial charge in [-0.15, -0.1) is 0 Å². The van der Waals surface area contributed by atoms with Gasteiger partial charge >= 0.3 is 0 Å². The summed E-state index contributed by atoms with van der Waals surface area (Å²) in [6.07, 6.45) is 0. The van der Waals surface area contributed by atoms with E-state index < -0.39 is 0 Å². The Kier molecular flexibility index (Phi) is 4.61. The van der Waals surface area contributed by atoms with Gasteiger partial charge < -0.3 is 9.47 Å². The molecule has 0 heterocycles. The number of benzene rings is 2. The largest absolute Gasteiger partial charge is 0.491 e. The molecule has 0 saturated heterocycles. The Labute approximate surface area is 102 Å². The Morgan fingerprint density at radius 1 is 0.941 bits per heavy atom. The van der Waals surface area contributed by atoms with E-state index in [1.165, 1.54) is 5.56 Å². The Morgan fingerprint density at radius 3 is 2.59 bits per heavy atom. The minimum absolute atomic E-state index is 0.560. The third-order valence-electron chi connectivity index (χ3n) is 2.29. The summed E-state index contributed by atoms with van der Waals surface area (Å²) in [6, 6.07) is 20.6. The van der Waals surface area contributed by atoms with E-state index in [9.17, 15) is 0 Å². The third-order valence-corrected chi connectivity index (χ3v) is 2.29. The summed E-state index contributed by atoms with van der Waals surface area (Å²) in [5.74, 6) is 0.829. The highest BCUT2D eigenvalue weighted by molar-refractivity contribution is 5.19. The van der Waals surface area contributed by atoms with Gasteiger partial charge in [0, 0.05) is 0 Å². The molecule has 0 aliphatic carbocycles. The second-order valence-corrected chi connectivity index (χ2v) is 3.63. The zero-order valence-corrected chi connectivity index (χ0v) is 9.63. The van der Waals surface area contributed by atoms with Gasteiger partial charge in [0.15, 0.2) is 0 Å². The van der Waals surface area contributed by atoms with Crippen molar-refractivity contribution in [3.05, 3.63) is 66.2 Å². The zero-order valence-electron chi connectivity index (χ0n) is 9.63. The summed E-state index contributed by atoms with van der Waals surface area (Å²) in [6.45, 7) is 1.78. The lowest BCUT2D eigenvalue weighted by Gasteiger charge is -2.06. The van der Waals surface area contributed by atoms with Crippen molar-refractivity contribution >= 4 is 0 Å². The molecule has 2 aromatic carbocycles. The van der Waals surface area contributed by atoms with Gasteiger partial charge in [-0.2, -0.15) is 0 Å². The Bertz CT molecular complexity index is 370. The molecule has 17 heavy (non-hydrogen) atoms. The molecular weight excluding hydrogens is 212 g/mol. The molecule has 0 saturated carbocycles. The molecule has 0 amide bonds. The molecular formula is C15H15O2. The van der Waals surface area contributed by atoms with Crippen LogP contribution in [0.15, 0.2) is 54.6 Å². The molecule has 0 aliphatic heterocycles. The van der Waals surface area contributed by atoms with Crippen LogP contribution in [0.2, 0.25) is 0 Å². The van der Waals surface area contributed by atoms with E-state index in [1.807, 2.05) is 54.6 Å². The Morgan fingerprint density at radius 2 is 1.82 bits per heavy atom. The van der Waals surface area contributed by atoms with Crippen LogP contribution in [0, 0.1) is 6.07 Å². The first-order chi connectivity index (χ1) is 8.45. The first kappa shape index (κ1) is 11.7. The molecule has 0 unspecified atom stereocenters. The van der Waals surface area contributed by atoms with Crippen molar-refractivity contribution in [1.82, 2.24) is 0 Å². The van der Waals surface area contributed by atoms with Crippen LogP contribution in [-0.4, -0.2) is 13.2 Å². The molecule has 0 atom stereocenters. The van der Waals surface area contributed by atoms with E-state index in [4.69, 9.17) is 9.47 Å². The lowest BCUT2D eigenvalue weighted by Crippen LogP contribution is -2.06. The number of hydrogen-bond acceptors (Lipinski definition) is 2. The molecule has 0 fully saturated rings. The number of rotatable bonds is 6. The van der Waals surface area contributed by atoms with Gasteiger partial charge in [0.1, 0.15) is 12.4 Å². The average Bonchev–Trinajstić information content (AvgIpc) is 2.41. The van der Waals surface area contributed by atoms with E-state index >= 15 is 0 Å². The molecule has 0 aromatic heterocycles. The van der Waals surface area contributed by atoms with Crippen molar-refractivity contribution in [3.8, 4) is 5.75 Å². The second-order valence-electron chi connectivity index (χ2n) is 3.63.